The van der Waals surface area contributed by atoms with Gasteiger partial charge in [-0.3, -0.25) is 4.98 Å². The molecule has 0 amide bonds. The van der Waals surface area contributed by atoms with Crippen LogP contribution in [0.3, 0.4) is 0 Å². The second-order valence-corrected chi connectivity index (χ2v) is 4.98. The lowest BCUT2D eigenvalue weighted by Gasteiger charge is -2.12. The molecule has 0 radical (unpaired) electrons. The fraction of sp³-hybridized carbons (Fsp3) is 0.0625. The number of methoxy groups -OCH3 is 1. The highest BCUT2D eigenvalue weighted by atomic mass is 35.5. The van der Waals surface area contributed by atoms with Gasteiger partial charge >= 0.3 is 0 Å². The van der Waals surface area contributed by atoms with Crippen molar-refractivity contribution in [1.82, 2.24) is 4.98 Å². The van der Waals surface area contributed by atoms with E-state index in [-0.39, 0.29) is 0 Å². The van der Waals surface area contributed by atoms with Gasteiger partial charge in [0.1, 0.15) is 5.75 Å². The monoisotopic (exact) mass is 299 g/mol. The Labute approximate surface area is 127 Å². The molecule has 0 saturated carbocycles. The number of hydrogen-bond donors (Lipinski definition) is 2. The van der Waals surface area contributed by atoms with E-state index in [1.807, 2.05) is 42.5 Å². The minimum atomic E-state index is 0.556. The number of benzene rings is 2. The Morgan fingerprint density at radius 1 is 1.19 bits per heavy atom. The molecule has 0 aliphatic rings. The third-order valence-electron chi connectivity index (χ3n) is 3.23. The number of nitrogen functional groups attached to an aromatic ring is 1. The molecule has 21 heavy (non-hydrogen) atoms. The number of nitrogens with one attached hydrogen (secondary N) is 1. The van der Waals surface area contributed by atoms with Crippen molar-refractivity contribution >= 4 is 39.6 Å². The van der Waals surface area contributed by atoms with E-state index in [9.17, 15) is 0 Å². The largest absolute Gasteiger partial charge is 0.495 e. The van der Waals surface area contributed by atoms with Gasteiger partial charge in [0.05, 0.1) is 23.3 Å². The molecule has 0 unspecified atom stereocenters. The average Bonchev–Trinajstić information content (AvgIpc) is 2.51. The molecule has 2 aromatic carbocycles. The summed E-state index contributed by atoms with van der Waals surface area (Å²) >= 11 is 6.14. The van der Waals surface area contributed by atoms with E-state index in [4.69, 9.17) is 22.1 Å². The summed E-state index contributed by atoms with van der Waals surface area (Å²) in [6.07, 6.45) is 1.73. The maximum Gasteiger partial charge on any atom is 0.137 e. The molecule has 5 heteroatoms. The van der Waals surface area contributed by atoms with Gasteiger partial charge < -0.3 is 15.8 Å². The zero-order valence-electron chi connectivity index (χ0n) is 11.4. The van der Waals surface area contributed by atoms with Crippen LogP contribution in [0.2, 0.25) is 5.02 Å². The van der Waals surface area contributed by atoms with E-state index in [1.165, 1.54) is 0 Å². The smallest absolute Gasteiger partial charge is 0.137 e. The molecule has 1 heterocycles. The molecule has 3 aromatic rings. The molecule has 1 aromatic heterocycles. The molecule has 0 saturated heterocycles. The number of hydrogen-bond acceptors (Lipinski definition) is 4. The van der Waals surface area contributed by atoms with Crippen molar-refractivity contribution in [2.75, 3.05) is 18.2 Å². The Morgan fingerprint density at radius 2 is 2.05 bits per heavy atom. The maximum atomic E-state index is 6.14. The summed E-state index contributed by atoms with van der Waals surface area (Å²) in [6.45, 7) is 0. The van der Waals surface area contributed by atoms with E-state index in [2.05, 4.69) is 10.3 Å². The fourth-order valence-corrected chi connectivity index (χ4v) is 2.46. The highest BCUT2D eigenvalue weighted by Gasteiger charge is 2.07. The highest BCUT2D eigenvalue weighted by Crippen LogP contribution is 2.32. The van der Waals surface area contributed by atoms with Crippen LogP contribution < -0.4 is 15.8 Å². The van der Waals surface area contributed by atoms with Crippen LogP contribution in [0.5, 0.6) is 5.75 Å². The maximum absolute atomic E-state index is 6.14. The molecule has 0 atom stereocenters. The van der Waals surface area contributed by atoms with Crippen molar-refractivity contribution in [2.45, 2.75) is 0 Å². The van der Waals surface area contributed by atoms with Crippen LogP contribution in [0.25, 0.3) is 10.9 Å². The van der Waals surface area contributed by atoms with Gasteiger partial charge in [-0.15, -0.1) is 0 Å². The Hall–Kier alpha value is -2.46. The third-order valence-corrected chi connectivity index (χ3v) is 3.53. The molecule has 106 valence electrons. The molecule has 0 fully saturated rings. The second kappa shape index (κ2) is 5.50. The number of nitrogens with two attached hydrogens (primary N) is 1. The molecular formula is C16H14ClN3O. The van der Waals surface area contributed by atoms with Crippen molar-refractivity contribution in [3.63, 3.8) is 0 Å². The first-order chi connectivity index (χ1) is 10.2. The van der Waals surface area contributed by atoms with Crippen LogP contribution in [0.4, 0.5) is 17.1 Å². The first kappa shape index (κ1) is 13.5. The van der Waals surface area contributed by atoms with Crippen LogP contribution in [0, 0.1) is 0 Å². The number of rotatable bonds is 3. The second-order valence-electron chi connectivity index (χ2n) is 4.58. The molecule has 0 bridgehead atoms. The predicted molar refractivity (Wildman–Crippen MR) is 87.4 cm³/mol. The van der Waals surface area contributed by atoms with E-state index in [0.29, 0.717) is 16.5 Å². The van der Waals surface area contributed by atoms with Gasteiger partial charge in [-0.25, -0.2) is 0 Å². The summed E-state index contributed by atoms with van der Waals surface area (Å²) in [5.74, 6) is 0.644. The minimum Gasteiger partial charge on any atom is -0.495 e. The third kappa shape index (κ3) is 2.58. The molecule has 0 aliphatic heterocycles. The van der Waals surface area contributed by atoms with E-state index in [0.717, 1.165) is 22.3 Å². The van der Waals surface area contributed by atoms with Gasteiger partial charge in [0.2, 0.25) is 0 Å². The predicted octanol–water partition coefficient (Wildman–Crippen LogP) is 4.22. The molecule has 3 N–H and O–H groups in total. The normalized spacial score (nSPS) is 10.6. The SMILES string of the molecule is COc1ccc(Nc2ccc(N)c3ncccc23)cc1Cl. The molecule has 0 spiro atoms. The summed E-state index contributed by atoms with van der Waals surface area (Å²) in [6, 6.07) is 13.2. The van der Waals surface area contributed by atoms with Gasteiger partial charge in [0, 0.05) is 23.0 Å². The van der Waals surface area contributed by atoms with Gasteiger partial charge in [-0.1, -0.05) is 11.6 Å². The van der Waals surface area contributed by atoms with Gasteiger partial charge in [-0.2, -0.15) is 0 Å². The van der Waals surface area contributed by atoms with E-state index < -0.39 is 0 Å². The fourth-order valence-electron chi connectivity index (χ4n) is 2.20. The van der Waals surface area contributed by atoms with Gasteiger partial charge in [0.25, 0.3) is 0 Å². The number of aromatic nitrogens is 1. The summed E-state index contributed by atoms with van der Waals surface area (Å²) in [4.78, 5) is 4.32. The minimum absolute atomic E-state index is 0.556. The number of ether oxygens (including phenoxy) is 1. The topological polar surface area (TPSA) is 60.2 Å². The number of anilines is 3. The Balaban J connectivity index is 2.02. The molecule has 0 aliphatic carbocycles. The van der Waals surface area contributed by atoms with E-state index >= 15 is 0 Å². The van der Waals surface area contributed by atoms with Crippen LogP contribution in [0.15, 0.2) is 48.7 Å². The van der Waals surface area contributed by atoms with Crippen molar-refractivity contribution < 1.29 is 4.74 Å². The van der Waals surface area contributed by atoms with Crippen LogP contribution in [-0.2, 0) is 0 Å². The Morgan fingerprint density at radius 3 is 2.81 bits per heavy atom. The molecule has 4 nitrogen and oxygen atoms in total. The number of pyridine rings is 1. The standard InChI is InChI=1S/C16H14ClN3O/c1-21-15-7-4-10(9-12(15)17)20-14-6-5-13(18)16-11(14)3-2-8-19-16/h2-9,20H,18H2,1H3. The zero-order valence-corrected chi connectivity index (χ0v) is 12.2. The lowest BCUT2D eigenvalue weighted by atomic mass is 10.1. The van der Waals surface area contributed by atoms with E-state index in [1.54, 1.807) is 13.3 Å². The summed E-state index contributed by atoms with van der Waals surface area (Å²) in [5.41, 5.74) is 9.18. The van der Waals surface area contributed by atoms with Crippen LogP contribution in [0.1, 0.15) is 0 Å². The van der Waals surface area contributed by atoms with Crippen molar-refractivity contribution in [1.29, 1.82) is 0 Å². The van der Waals surface area contributed by atoms with Gasteiger partial charge in [-0.05, 0) is 42.5 Å². The highest BCUT2D eigenvalue weighted by molar-refractivity contribution is 6.32. The van der Waals surface area contributed by atoms with Gasteiger partial charge in [0.15, 0.2) is 0 Å². The lowest BCUT2D eigenvalue weighted by Crippen LogP contribution is -1.96. The number of nitrogens with zero attached hydrogens (tertiary/aromatic N) is 1. The summed E-state index contributed by atoms with van der Waals surface area (Å²) in [7, 11) is 1.59. The summed E-state index contributed by atoms with van der Waals surface area (Å²) < 4.78 is 5.15. The summed E-state index contributed by atoms with van der Waals surface area (Å²) in [5, 5.41) is 4.85. The van der Waals surface area contributed by atoms with Crippen molar-refractivity contribution in [3.05, 3.63) is 53.7 Å². The number of fused-ring (bicyclic) bond motifs is 1. The van der Waals surface area contributed by atoms with Crippen molar-refractivity contribution in [3.8, 4) is 5.75 Å². The van der Waals surface area contributed by atoms with Crippen LogP contribution in [-0.4, -0.2) is 12.1 Å². The zero-order chi connectivity index (χ0) is 14.8. The van der Waals surface area contributed by atoms with Crippen molar-refractivity contribution in [2.24, 2.45) is 0 Å². The first-order valence-corrected chi connectivity index (χ1v) is 6.80. The Kier molecular flexibility index (Phi) is 3.54. The quantitative estimate of drug-likeness (QED) is 0.711. The molecular weight excluding hydrogens is 286 g/mol. The number of halogens is 1. The Bertz CT molecular complexity index is 805. The average molecular weight is 300 g/mol. The van der Waals surface area contributed by atoms with Crippen LogP contribution >= 0.6 is 11.6 Å². The first-order valence-electron chi connectivity index (χ1n) is 6.43. The lowest BCUT2D eigenvalue weighted by molar-refractivity contribution is 0.415. The molecule has 3 rings (SSSR count).